The lowest BCUT2D eigenvalue weighted by Crippen LogP contribution is -2.29. The van der Waals surface area contributed by atoms with Gasteiger partial charge in [0.2, 0.25) is 0 Å². The smallest absolute Gasteiger partial charge is 0.349 e. The molecule has 2 aromatic rings. The molecule has 7 nitrogen and oxygen atoms in total. The van der Waals surface area contributed by atoms with Gasteiger partial charge in [-0.25, -0.2) is 4.79 Å². The Balaban J connectivity index is 2.19. The maximum absolute atomic E-state index is 12.4. The van der Waals surface area contributed by atoms with Crippen LogP contribution in [0.5, 0.6) is 0 Å². The van der Waals surface area contributed by atoms with Gasteiger partial charge in [-0.15, -0.1) is 3.89 Å². The van der Waals surface area contributed by atoms with Crippen molar-refractivity contribution < 1.29 is 21.5 Å². The van der Waals surface area contributed by atoms with Gasteiger partial charge in [-0.1, -0.05) is 0 Å². The van der Waals surface area contributed by atoms with Gasteiger partial charge >= 0.3 is 15.8 Å². The van der Waals surface area contributed by atoms with Crippen molar-refractivity contribution in [2.75, 3.05) is 30.3 Å². The van der Waals surface area contributed by atoms with Crippen LogP contribution in [-0.2, 0) is 10.2 Å². The Hall–Kier alpha value is -2.42. The van der Waals surface area contributed by atoms with Gasteiger partial charge < -0.3 is 14.6 Å². The van der Waals surface area contributed by atoms with Crippen molar-refractivity contribution in [3.05, 3.63) is 40.2 Å². The number of benzene rings is 1. The number of hydrogen-bond donors (Lipinski definition) is 1. The molecule has 1 aromatic heterocycles. The fraction of sp³-hybridized carbons (Fsp3) is 0.412. The summed E-state index contributed by atoms with van der Waals surface area (Å²) in [5, 5.41) is 2.98. The molecule has 2 rings (SSSR count). The number of rotatable bonds is 8. The van der Waals surface area contributed by atoms with E-state index >= 15 is 0 Å². The van der Waals surface area contributed by atoms with Crippen LogP contribution in [0.4, 0.5) is 9.57 Å². The summed E-state index contributed by atoms with van der Waals surface area (Å²) >= 11 is 0. The van der Waals surface area contributed by atoms with E-state index in [1.54, 1.807) is 12.1 Å². The summed E-state index contributed by atoms with van der Waals surface area (Å²) in [6, 6.07) is 6.81. The highest BCUT2D eigenvalue weighted by atomic mass is 32.3. The average molecular weight is 384 g/mol. The topological polar surface area (TPSA) is 96.7 Å². The van der Waals surface area contributed by atoms with Crippen molar-refractivity contribution in [2.24, 2.45) is 0 Å². The minimum atomic E-state index is -4.57. The quantitative estimate of drug-likeness (QED) is 0.425. The first-order valence-electron chi connectivity index (χ1n) is 8.28. The Labute approximate surface area is 151 Å². The molecule has 0 atom stereocenters. The fourth-order valence-electron chi connectivity index (χ4n) is 2.59. The zero-order valence-electron chi connectivity index (χ0n) is 14.6. The normalized spacial score (nSPS) is 11.5. The van der Waals surface area contributed by atoms with Crippen molar-refractivity contribution in [1.82, 2.24) is 5.32 Å². The van der Waals surface area contributed by atoms with Crippen LogP contribution >= 0.6 is 0 Å². The number of amides is 1. The molecule has 1 amide bonds. The standard InChI is InChI=1S/C17H21FN2O5S/c1-3-20(4-2)13-7-6-12-10-14(17(22)25-15(12)11-13)16(21)19-8-5-9-26(18,23)24/h6-7,10-11H,3-5,8-9H2,1-2H3,(H,19,21). The van der Waals surface area contributed by atoms with E-state index in [1.165, 1.54) is 6.07 Å². The molecule has 1 N–H and O–H groups in total. The number of carbonyl (C=O) groups is 1. The lowest BCUT2D eigenvalue weighted by molar-refractivity contribution is 0.0950. The van der Waals surface area contributed by atoms with Crippen LogP contribution < -0.4 is 15.8 Å². The van der Waals surface area contributed by atoms with Gasteiger partial charge in [0.1, 0.15) is 11.1 Å². The van der Waals surface area contributed by atoms with Crippen LogP contribution in [0, 0.1) is 0 Å². The van der Waals surface area contributed by atoms with E-state index in [2.05, 4.69) is 10.2 Å². The van der Waals surface area contributed by atoms with Crippen LogP contribution in [0.25, 0.3) is 11.0 Å². The molecule has 0 saturated carbocycles. The molecule has 9 heteroatoms. The van der Waals surface area contributed by atoms with E-state index in [4.69, 9.17) is 4.42 Å². The monoisotopic (exact) mass is 384 g/mol. The number of nitrogens with one attached hydrogen (secondary N) is 1. The molecule has 0 aliphatic heterocycles. The summed E-state index contributed by atoms with van der Waals surface area (Å²) in [6.07, 6.45) is -0.0866. The average Bonchev–Trinajstić information content (AvgIpc) is 2.58. The van der Waals surface area contributed by atoms with E-state index < -0.39 is 27.5 Å². The summed E-state index contributed by atoms with van der Waals surface area (Å²) < 4.78 is 38.5. The molecule has 0 saturated heterocycles. The molecular formula is C17H21FN2O5S. The largest absolute Gasteiger partial charge is 0.422 e. The maximum atomic E-state index is 12.4. The van der Waals surface area contributed by atoms with E-state index in [9.17, 15) is 21.9 Å². The summed E-state index contributed by atoms with van der Waals surface area (Å²) in [4.78, 5) is 26.3. The first-order chi connectivity index (χ1) is 12.2. The van der Waals surface area contributed by atoms with Crippen LogP contribution in [0.3, 0.4) is 0 Å². The van der Waals surface area contributed by atoms with Crippen molar-refractivity contribution in [3.8, 4) is 0 Å². The first kappa shape index (κ1) is 19.9. The summed E-state index contributed by atoms with van der Waals surface area (Å²) in [5.74, 6) is -1.38. The van der Waals surface area contributed by atoms with Crippen molar-refractivity contribution in [2.45, 2.75) is 20.3 Å². The zero-order chi connectivity index (χ0) is 19.3. The summed E-state index contributed by atoms with van der Waals surface area (Å²) in [7, 11) is -4.57. The Morgan fingerprint density at radius 3 is 2.54 bits per heavy atom. The third kappa shape index (κ3) is 5.04. The van der Waals surface area contributed by atoms with Gasteiger partial charge in [0.05, 0.1) is 5.75 Å². The highest BCUT2D eigenvalue weighted by Crippen LogP contribution is 2.21. The highest BCUT2D eigenvalue weighted by Gasteiger charge is 2.15. The fourth-order valence-corrected chi connectivity index (χ4v) is 3.07. The molecule has 0 fully saturated rings. The molecule has 142 valence electrons. The van der Waals surface area contributed by atoms with Crippen LogP contribution in [0.2, 0.25) is 0 Å². The molecule has 0 spiro atoms. The molecule has 1 aromatic carbocycles. The number of hydrogen-bond acceptors (Lipinski definition) is 6. The minimum Gasteiger partial charge on any atom is -0.422 e. The van der Waals surface area contributed by atoms with Crippen LogP contribution in [0.1, 0.15) is 30.6 Å². The number of carbonyl (C=O) groups excluding carboxylic acids is 1. The van der Waals surface area contributed by atoms with Gasteiger partial charge in [-0.05, 0) is 38.5 Å². The predicted molar refractivity (Wildman–Crippen MR) is 97.9 cm³/mol. The summed E-state index contributed by atoms with van der Waals surface area (Å²) in [6.45, 7) is 5.58. The second kappa shape index (κ2) is 8.31. The summed E-state index contributed by atoms with van der Waals surface area (Å²) in [5.41, 5.74) is 0.316. The lowest BCUT2D eigenvalue weighted by atomic mass is 10.1. The maximum Gasteiger partial charge on any atom is 0.349 e. The number of halogens is 1. The van der Waals surface area contributed by atoms with Crippen LogP contribution in [0.15, 0.2) is 33.5 Å². The Bertz CT molecular complexity index is 951. The number of fused-ring (bicyclic) bond motifs is 1. The van der Waals surface area contributed by atoms with E-state index in [0.717, 1.165) is 18.8 Å². The van der Waals surface area contributed by atoms with Gasteiger partial charge in [-0.3, -0.25) is 4.79 Å². The third-order valence-electron chi connectivity index (χ3n) is 3.94. The van der Waals surface area contributed by atoms with Crippen molar-refractivity contribution >= 4 is 32.8 Å². The van der Waals surface area contributed by atoms with Crippen LogP contribution in [-0.4, -0.2) is 39.7 Å². The molecule has 0 aliphatic rings. The second-order valence-electron chi connectivity index (χ2n) is 5.69. The molecule has 0 unspecified atom stereocenters. The lowest BCUT2D eigenvalue weighted by Gasteiger charge is -2.21. The SMILES string of the molecule is CCN(CC)c1ccc2cc(C(=O)NCCCS(=O)(=O)F)c(=O)oc2c1. The Kier molecular flexibility index (Phi) is 6.36. The molecule has 26 heavy (non-hydrogen) atoms. The highest BCUT2D eigenvalue weighted by molar-refractivity contribution is 7.86. The van der Waals surface area contributed by atoms with Gasteiger partial charge in [-0.2, -0.15) is 8.42 Å². The van der Waals surface area contributed by atoms with Gasteiger partial charge in [0.15, 0.2) is 0 Å². The number of nitrogens with zero attached hydrogens (tertiary/aromatic N) is 1. The van der Waals surface area contributed by atoms with Crippen molar-refractivity contribution in [1.29, 1.82) is 0 Å². The van der Waals surface area contributed by atoms with Crippen molar-refractivity contribution in [3.63, 3.8) is 0 Å². The number of anilines is 1. The Morgan fingerprint density at radius 2 is 1.92 bits per heavy atom. The van der Waals surface area contributed by atoms with E-state index in [0.29, 0.717) is 11.0 Å². The molecule has 0 bridgehead atoms. The molecular weight excluding hydrogens is 363 g/mol. The second-order valence-corrected chi connectivity index (χ2v) is 7.18. The predicted octanol–water partition coefficient (Wildman–Crippen LogP) is 2.06. The molecule has 0 aliphatic carbocycles. The zero-order valence-corrected chi connectivity index (χ0v) is 15.4. The van der Waals surface area contributed by atoms with Gasteiger partial charge in [0.25, 0.3) is 5.91 Å². The minimum absolute atomic E-state index is 0.0691. The molecule has 1 heterocycles. The van der Waals surface area contributed by atoms with Gasteiger partial charge in [0, 0.05) is 36.8 Å². The molecule has 0 radical (unpaired) electrons. The Morgan fingerprint density at radius 1 is 1.23 bits per heavy atom. The van der Waals surface area contributed by atoms with E-state index in [-0.39, 0.29) is 18.5 Å². The first-order valence-corrected chi connectivity index (χ1v) is 9.83. The van der Waals surface area contributed by atoms with E-state index in [1.807, 2.05) is 19.9 Å². The third-order valence-corrected chi connectivity index (χ3v) is 4.72.